The number of nitrogens with zero attached hydrogens (tertiary/aromatic N) is 1. The highest BCUT2D eigenvalue weighted by Crippen LogP contribution is 2.21. The molecule has 1 rings (SSSR count). The Kier molecular flexibility index (Phi) is 5.68. The number of carbonyl (C=O) groups is 3. The van der Waals surface area contributed by atoms with Crippen molar-refractivity contribution in [2.75, 3.05) is 7.05 Å². The van der Waals surface area contributed by atoms with Crippen molar-refractivity contribution in [1.82, 2.24) is 10.2 Å². The largest absolute Gasteiger partial charge is 0.480 e. The van der Waals surface area contributed by atoms with E-state index in [2.05, 4.69) is 5.32 Å². The van der Waals surface area contributed by atoms with Crippen LogP contribution in [0.3, 0.4) is 0 Å². The van der Waals surface area contributed by atoms with Crippen LogP contribution >= 0.6 is 0 Å². The lowest BCUT2D eigenvalue weighted by Gasteiger charge is -2.32. The average molecular weight is 306 g/mol. The highest BCUT2D eigenvalue weighted by atomic mass is 16.4. The van der Waals surface area contributed by atoms with Crippen molar-refractivity contribution in [3.8, 4) is 0 Å². The maximum absolute atomic E-state index is 12.4. The molecule has 0 radical (unpaired) electrons. The lowest BCUT2D eigenvalue weighted by atomic mass is 9.99. The molecule has 1 aromatic carbocycles. The van der Waals surface area contributed by atoms with E-state index in [1.54, 1.807) is 0 Å². The maximum Gasteiger partial charge on any atom is 0.329 e. The van der Waals surface area contributed by atoms with Crippen LogP contribution in [-0.2, 0) is 14.4 Å². The summed E-state index contributed by atoms with van der Waals surface area (Å²) in [6.45, 7) is 4.30. The topological polar surface area (TPSA) is 86.7 Å². The highest BCUT2D eigenvalue weighted by molar-refractivity contribution is 5.86. The Balaban J connectivity index is 2.93. The number of hydrogen-bond donors (Lipinski definition) is 2. The first-order chi connectivity index (χ1) is 10.2. The minimum Gasteiger partial charge on any atom is -0.480 e. The van der Waals surface area contributed by atoms with Crippen molar-refractivity contribution >= 4 is 17.8 Å². The second-order valence-corrected chi connectivity index (χ2v) is 5.68. The fourth-order valence-corrected chi connectivity index (χ4v) is 1.95. The number of rotatable bonds is 6. The van der Waals surface area contributed by atoms with E-state index < -0.39 is 17.6 Å². The molecule has 6 heteroatoms. The molecule has 0 aliphatic rings. The van der Waals surface area contributed by atoms with Crippen molar-refractivity contribution in [3.05, 3.63) is 35.9 Å². The first-order valence-corrected chi connectivity index (χ1v) is 6.98. The summed E-state index contributed by atoms with van der Waals surface area (Å²) in [6, 6.07) is 8.62. The summed E-state index contributed by atoms with van der Waals surface area (Å²) < 4.78 is 0. The van der Waals surface area contributed by atoms with E-state index in [4.69, 9.17) is 0 Å². The molecule has 0 aliphatic carbocycles. The minimum atomic E-state index is -1.31. The standard InChI is InChI=1S/C16H22N2O4/c1-11(19)17-13(12-8-6-5-7-9-12)10-14(20)18(4)16(2,3)15(21)22/h5-9,13H,10H2,1-4H3,(H,17,19)(H,21,22). The van der Waals surface area contributed by atoms with Crippen LogP contribution in [0, 0.1) is 0 Å². The molecule has 22 heavy (non-hydrogen) atoms. The van der Waals surface area contributed by atoms with Gasteiger partial charge in [-0.25, -0.2) is 4.79 Å². The van der Waals surface area contributed by atoms with Crippen LogP contribution in [0.5, 0.6) is 0 Å². The van der Waals surface area contributed by atoms with Crippen LogP contribution in [0.15, 0.2) is 30.3 Å². The normalized spacial score (nSPS) is 12.4. The average Bonchev–Trinajstić information content (AvgIpc) is 2.45. The predicted molar refractivity (Wildman–Crippen MR) is 82.1 cm³/mol. The van der Waals surface area contributed by atoms with Gasteiger partial charge in [-0.15, -0.1) is 0 Å². The molecule has 2 N–H and O–H groups in total. The van der Waals surface area contributed by atoms with Gasteiger partial charge in [-0.3, -0.25) is 9.59 Å². The monoisotopic (exact) mass is 306 g/mol. The molecular weight excluding hydrogens is 284 g/mol. The molecule has 120 valence electrons. The van der Waals surface area contributed by atoms with Gasteiger partial charge in [0, 0.05) is 14.0 Å². The fourth-order valence-electron chi connectivity index (χ4n) is 1.95. The Morgan fingerprint density at radius 3 is 2.23 bits per heavy atom. The molecule has 0 fully saturated rings. The second-order valence-electron chi connectivity index (χ2n) is 5.68. The first-order valence-electron chi connectivity index (χ1n) is 6.98. The molecule has 0 aliphatic heterocycles. The zero-order chi connectivity index (χ0) is 16.9. The number of aliphatic carboxylic acids is 1. The Labute approximate surface area is 130 Å². The van der Waals surface area contributed by atoms with Crippen molar-refractivity contribution in [2.24, 2.45) is 0 Å². The molecule has 1 aromatic rings. The summed E-state index contributed by atoms with van der Waals surface area (Å²) in [5, 5.41) is 11.9. The van der Waals surface area contributed by atoms with Gasteiger partial charge >= 0.3 is 5.97 Å². The van der Waals surface area contributed by atoms with Gasteiger partial charge in [0.05, 0.1) is 12.5 Å². The number of nitrogens with one attached hydrogen (secondary N) is 1. The van der Waals surface area contributed by atoms with Crippen LogP contribution < -0.4 is 5.32 Å². The van der Waals surface area contributed by atoms with E-state index in [9.17, 15) is 19.5 Å². The van der Waals surface area contributed by atoms with Crippen LogP contribution in [0.4, 0.5) is 0 Å². The third-order valence-electron chi connectivity index (χ3n) is 3.69. The van der Waals surface area contributed by atoms with E-state index in [-0.39, 0.29) is 18.2 Å². The first kappa shape index (κ1) is 17.7. The quantitative estimate of drug-likeness (QED) is 0.835. The second kappa shape index (κ2) is 7.06. The molecule has 0 bridgehead atoms. The van der Waals surface area contributed by atoms with Gasteiger partial charge in [0.25, 0.3) is 0 Å². The van der Waals surface area contributed by atoms with Crippen LogP contribution in [-0.4, -0.2) is 40.4 Å². The molecule has 1 unspecified atom stereocenters. The molecule has 6 nitrogen and oxygen atoms in total. The van der Waals surface area contributed by atoms with E-state index >= 15 is 0 Å². The molecule has 0 spiro atoms. The van der Waals surface area contributed by atoms with Crippen molar-refractivity contribution in [2.45, 2.75) is 38.8 Å². The van der Waals surface area contributed by atoms with Gasteiger partial charge < -0.3 is 15.3 Å². The van der Waals surface area contributed by atoms with Crippen molar-refractivity contribution < 1.29 is 19.5 Å². The molecule has 1 atom stereocenters. The summed E-state index contributed by atoms with van der Waals surface area (Å²) in [4.78, 5) is 36.1. The summed E-state index contributed by atoms with van der Waals surface area (Å²) in [7, 11) is 1.45. The Hall–Kier alpha value is -2.37. The minimum absolute atomic E-state index is 0.00317. The highest BCUT2D eigenvalue weighted by Gasteiger charge is 2.35. The van der Waals surface area contributed by atoms with Gasteiger partial charge in [0.15, 0.2) is 0 Å². The lowest BCUT2D eigenvalue weighted by molar-refractivity contribution is -0.155. The molecule has 0 aromatic heterocycles. The fraction of sp³-hybridized carbons (Fsp3) is 0.438. The number of likely N-dealkylation sites (N-methyl/N-ethyl adjacent to an activating group) is 1. The smallest absolute Gasteiger partial charge is 0.329 e. The third kappa shape index (κ3) is 4.31. The molecule has 0 saturated carbocycles. The third-order valence-corrected chi connectivity index (χ3v) is 3.69. The molecular formula is C16H22N2O4. The summed E-state index contributed by atoms with van der Waals surface area (Å²) >= 11 is 0. The van der Waals surface area contributed by atoms with Gasteiger partial charge in [0.2, 0.25) is 11.8 Å². The molecule has 2 amide bonds. The van der Waals surface area contributed by atoms with Gasteiger partial charge in [-0.1, -0.05) is 30.3 Å². The van der Waals surface area contributed by atoms with E-state index in [0.717, 1.165) is 5.56 Å². The zero-order valence-corrected chi connectivity index (χ0v) is 13.3. The Morgan fingerprint density at radius 1 is 1.23 bits per heavy atom. The zero-order valence-electron chi connectivity index (χ0n) is 13.3. The molecule has 0 heterocycles. The number of hydrogen-bond acceptors (Lipinski definition) is 3. The van der Waals surface area contributed by atoms with Crippen molar-refractivity contribution in [3.63, 3.8) is 0 Å². The number of carboxylic acid groups (broad SMARTS) is 1. The maximum atomic E-state index is 12.4. The number of carbonyl (C=O) groups excluding carboxylic acids is 2. The Bertz CT molecular complexity index is 555. The number of benzene rings is 1. The van der Waals surface area contributed by atoms with Gasteiger partial charge in [0.1, 0.15) is 5.54 Å². The van der Waals surface area contributed by atoms with Gasteiger partial charge in [-0.2, -0.15) is 0 Å². The summed E-state index contributed by atoms with van der Waals surface area (Å²) in [5.74, 6) is -1.68. The molecule has 0 saturated heterocycles. The van der Waals surface area contributed by atoms with Crippen molar-refractivity contribution in [1.29, 1.82) is 0 Å². The predicted octanol–water partition coefficient (Wildman–Crippen LogP) is 1.58. The van der Waals surface area contributed by atoms with E-state index in [1.165, 1.54) is 32.7 Å². The number of carboxylic acids is 1. The Morgan fingerprint density at radius 2 is 1.77 bits per heavy atom. The van der Waals surface area contributed by atoms with Crippen LogP contribution in [0.1, 0.15) is 38.8 Å². The van der Waals surface area contributed by atoms with Crippen LogP contribution in [0.25, 0.3) is 0 Å². The van der Waals surface area contributed by atoms with E-state index in [0.29, 0.717) is 0 Å². The van der Waals surface area contributed by atoms with Crippen LogP contribution in [0.2, 0.25) is 0 Å². The summed E-state index contributed by atoms with van der Waals surface area (Å²) in [5.41, 5.74) is -0.512. The lowest BCUT2D eigenvalue weighted by Crippen LogP contribution is -2.51. The SMILES string of the molecule is CC(=O)NC(CC(=O)N(C)C(C)(C)C(=O)O)c1ccccc1. The van der Waals surface area contributed by atoms with E-state index in [1.807, 2.05) is 30.3 Å². The van der Waals surface area contributed by atoms with Gasteiger partial charge in [-0.05, 0) is 19.4 Å². The summed E-state index contributed by atoms with van der Waals surface area (Å²) in [6.07, 6.45) is -0.00317. The number of amides is 2.